The Morgan fingerprint density at radius 1 is 1.20 bits per heavy atom. The summed E-state index contributed by atoms with van der Waals surface area (Å²) in [6.45, 7) is 2.35. The van der Waals surface area contributed by atoms with Crippen LogP contribution in [0.5, 0.6) is 0 Å². The zero-order valence-corrected chi connectivity index (χ0v) is 14.2. The molecule has 1 heterocycles. The number of nitrogens with one attached hydrogen (secondary N) is 1. The lowest BCUT2D eigenvalue weighted by atomic mass is 9.94. The van der Waals surface area contributed by atoms with Crippen molar-refractivity contribution >= 4 is 11.6 Å². The average molecular weight is 336 g/mol. The summed E-state index contributed by atoms with van der Waals surface area (Å²) in [5.41, 5.74) is 1.46. The number of methoxy groups -OCH3 is 1. The molecule has 0 saturated carbocycles. The maximum atomic E-state index is 12.8. The summed E-state index contributed by atoms with van der Waals surface area (Å²) < 4.78 is 7.27. The van der Waals surface area contributed by atoms with Gasteiger partial charge >= 0.3 is 0 Å². The molecule has 3 aromatic rings. The molecule has 0 spiro atoms. The molecular weight excluding hydrogens is 316 g/mol. The van der Waals surface area contributed by atoms with Gasteiger partial charge in [-0.1, -0.05) is 42.5 Å². The van der Waals surface area contributed by atoms with Crippen molar-refractivity contribution in [3.8, 4) is 0 Å². The number of rotatable bonds is 6. The van der Waals surface area contributed by atoms with Crippen LogP contribution in [-0.4, -0.2) is 27.8 Å². The molecule has 0 aliphatic rings. The maximum Gasteiger partial charge on any atom is 0.260 e. The molecule has 25 heavy (non-hydrogen) atoms. The molecule has 0 aliphatic carbocycles. The lowest BCUT2D eigenvalue weighted by Crippen LogP contribution is -2.39. The number of aromatic nitrogens is 3. The molecule has 6 nitrogen and oxygen atoms in total. The first kappa shape index (κ1) is 16.9. The zero-order chi connectivity index (χ0) is 17.7. The van der Waals surface area contributed by atoms with Crippen LogP contribution in [0.1, 0.15) is 18.1 Å². The lowest BCUT2D eigenvalue weighted by Gasteiger charge is -2.27. The molecule has 0 unspecified atom stereocenters. The van der Waals surface area contributed by atoms with E-state index in [-0.39, 0.29) is 5.91 Å². The minimum Gasteiger partial charge on any atom is -0.364 e. The molecule has 1 N–H and O–H groups in total. The van der Waals surface area contributed by atoms with Gasteiger partial charge in [-0.2, -0.15) is 5.10 Å². The highest BCUT2D eigenvalue weighted by molar-refractivity contribution is 5.97. The number of carbonyl (C=O) groups excluding carboxylic acids is 1. The zero-order valence-electron chi connectivity index (χ0n) is 14.2. The van der Waals surface area contributed by atoms with Crippen LogP contribution in [-0.2, 0) is 21.7 Å². The fourth-order valence-corrected chi connectivity index (χ4v) is 2.60. The molecule has 0 bridgehead atoms. The molecule has 128 valence electrons. The van der Waals surface area contributed by atoms with Gasteiger partial charge in [0.05, 0.1) is 6.54 Å². The van der Waals surface area contributed by atoms with E-state index in [0.717, 1.165) is 11.1 Å². The smallest absolute Gasteiger partial charge is 0.260 e. The minimum atomic E-state index is -1.07. The van der Waals surface area contributed by atoms with Crippen LogP contribution in [0.2, 0.25) is 0 Å². The molecule has 3 rings (SSSR count). The van der Waals surface area contributed by atoms with Crippen molar-refractivity contribution in [2.75, 3.05) is 12.4 Å². The minimum absolute atomic E-state index is 0.223. The highest BCUT2D eigenvalue weighted by atomic mass is 16.5. The normalized spacial score (nSPS) is 13.2. The van der Waals surface area contributed by atoms with E-state index in [1.165, 1.54) is 13.4 Å². The van der Waals surface area contributed by atoms with Crippen LogP contribution in [0, 0.1) is 0 Å². The first-order chi connectivity index (χ1) is 12.1. The van der Waals surface area contributed by atoms with Gasteiger partial charge in [0.1, 0.15) is 12.7 Å². The van der Waals surface area contributed by atoms with Crippen molar-refractivity contribution in [1.29, 1.82) is 0 Å². The molecule has 0 fully saturated rings. The quantitative estimate of drug-likeness (QED) is 0.751. The van der Waals surface area contributed by atoms with Crippen LogP contribution >= 0.6 is 0 Å². The largest absolute Gasteiger partial charge is 0.364 e. The van der Waals surface area contributed by atoms with Crippen molar-refractivity contribution < 1.29 is 9.53 Å². The van der Waals surface area contributed by atoms with Gasteiger partial charge in [0, 0.05) is 12.8 Å². The van der Waals surface area contributed by atoms with Crippen molar-refractivity contribution in [2.24, 2.45) is 0 Å². The summed E-state index contributed by atoms with van der Waals surface area (Å²) >= 11 is 0. The van der Waals surface area contributed by atoms with Crippen LogP contribution in [0.3, 0.4) is 0 Å². The van der Waals surface area contributed by atoms with Gasteiger partial charge in [-0.25, -0.2) is 9.67 Å². The summed E-state index contributed by atoms with van der Waals surface area (Å²) in [7, 11) is 1.54. The number of ether oxygens (including phenoxy) is 1. The monoisotopic (exact) mass is 336 g/mol. The molecule has 1 atom stereocenters. The average Bonchev–Trinajstić information content (AvgIpc) is 3.15. The van der Waals surface area contributed by atoms with Crippen molar-refractivity contribution in [1.82, 2.24) is 14.8 Å². The number of carbonyl (C=O) groups is 1. The fraction of sp³-hybridized carbons (Fsp3) is 0.211. The molecule has 1 aromatic heterocycles. The van der Waals surface area contributed by atoms with Gasteiger partial charge in [0.15, 0.2) is 5.60 Å². The molecule has 2 aromatic carbocycles. The van der Waals surface area contributed by atoms with Gasteiger partial charge in [0.25, 0.3) is 5.91 Å². The third-order valence-corrected chi connectivity index (χ3v) is 4.16. The van der Waals surface area contributed by atoms with E-state index in [4.69, 9.17) is 4.74 Å². The Bertz CT molecular complexity index is 834. The standard InChI is InChI=1S/C19H20N4O2/c1-19(25-2,16-8-4-3-5-9-16)18(24)22-17-10-6-7-15(11-17)12-23-14-20-13-21-23/h3-11,13-14H,12H2,1-2H3,(H,22,24)/t19-/m1/s1. The highest BCUT2D eigenvalue weighted by Crippen LogP contribution is 2.26. The third kappa shape index (κ3) is 3.75. The fourth-order valence-electron chi connectivity index (χ4n) is 2.60. The van der Waals surface area contributed by atoms with E-state index in [1.54, 1.807) is 17.9 Å². The Kier molecular flexibility index (Phi) is 4.90. The van der Waals surface area contributed by atoms with Gasteiger partial charge < -0.3 is 10.1 Å². The summed E-state index contributed by atoms with van der Waals surface area (Å²) in [5, 5.41) is 7.04. The number of nitrogens with zero attached hydrogens (tertiary/aromatic N) is 3. The lowest BCUT2D eigenvalue weighted by molar-refractivity contribution is -0.136. The Hall–Kier alpha value is -2.99. The van der Waals surface area contributed by atoms with Crippen molar-refractivity contribution in [3.05, 3.63) is 78.4 Å². The number of hydrogen-bond donors (Lipinski definition) is 1. The van der Waals surface area contributed by atoms with Crippen LogP contribution in [0.4, 0.5) is 5.69 Å². The van der Waals surface area contributed by atoms with E-state index >= 15 is 0 Å². The van der Waals surface area contributed by atoms with E-state index in [9.17, 15) is 4.79 Å². The summed E-state index contributed by atoms with van der Waals surface area (Å²) in [5.74, 6) is -0.223. The third-order valence-electron chi connectivity index (χ3n) is 4.16. The van der Waals surface area contributed by atoms with Gasteiger partial charge in [-0.05, 0) is 30.2 Å². The van der Waals surface area contributed by atoms with E-state index < -0.39 is 5.60 Å². The Morgan fingerprint density at radius 3 is 2.68 bits per heavy atom. The first-order valence-electron chi connectivity index (χ1n) is 7.95. The van der Waals surface area contributed by atoms with E-state index in [1.807, 2.05) is 54.6 Å². The predicted octanol–water partition coefficient (Wildman–Crippen LogP) is 2.83. The van der Waals surface area contributed by atoms with Gasteiger partial charge in [0.2, 0.25) is 0 Å². The Labute approximate surface area is 146 Å². The van der Waals surface area contributed by atoms with Crippen molar-refractivity contribution in [2.45, 2.75) is 19.1 Å². The Morgan fingerprint density at radius 2 is 2.00 bits per heavy atom. The number of anilines is 1. The molecule has 6 heteroatoms. The van der Waals surface area contributed by atoms with Crippen LogP contribution in [0.15, 0.2) is 67.3 Å². The molecule has 1 amide bonds. The van der Waals surface area contributed by atoms with E-state index in [2.05, 4.69) is 15.4 Å². The van der Waals surface area contributed by atoms with Crippen molar-refractivity contribution in [3.63, 3.8) is 0 Å². The predicted molar refractivity (Wildman–Crippen MR) is 95.0 cm³/mol. The molecule has 0 radical (unpaired) electrons. The number of benzene rings is 2. The second-order valence-corrected chi connectivity index (χ2v) is 5.85. The summed E-state index contributed by atoms with van der Waals surface area (Å²) in [6.07, 6.45) is 3.15. The SMILES string of the molecule is CO[C@@](C)(C(=O)Nc1cccc(Cn2cncn2)c1)c1ccccc1. The molecule has 0 aliphatic heterocycles. The second kappa shape index (κ2) is 7.27. The summed E-state index contributed by atoms with van der Waals surface area (Å²) in [6, 6.07) is 17.1. The van der Waals surface area contributed by atoms with E-state index in [0.29, 0.717) is 12.2 Å². The molecular formula is C19H20N4O2. The second-order valence-electron chi connectivity index (χ2n) is 5.85. The topological polar surface area (TPSA) is 69.0 Å². The summed E-state index contributed by atoms with van der Waals surface area (Å²) in [4.78, 5) is 16.8. The van der Waals surface area contributed by atoms with Gasteiger partial charge in [-0.15, -0.1) is 0 Å². The van der Waals surface area contributed by atoms with Crippen LogP contribution in [0.25, 0.3) is 0 Å². The number of hydrogen-bond acceptors (Lipinski definition) is 4. The van der Waals surface area contributed by atoms with Gasteiger partial charge in [-0.3, -0.25) is 4.79 Å². The maximum absolute atomic E-state index is 12.8. The highest BCUT2D eigenvalue weighted by Gasteiger charge is 2.35. The first-order valence-corrected chi connectivity index (χ1v) is 7.95. The van der Waals surface area contributed by atoms with Crippen LogP contribution < -0.4 is 5.32 Å². The number of amides is 1. The Balaban J connectivity index is 1.78. The molecule has 0 saturated heterocycles.